The predicted octanol–water partition coefficient (Wildman–Crippen LogP) is 3.76. The molecule has 168 valence electrons. The Bertz CT molecular complexity index is 719. The topological polar surface area (TPSA) is 72.7 Å². The Morgan fingerprint density at radius 1 is 1.10 bits per heavy atom. The van der Waals surface area contributed by atoms with Crippen LogP contribution in [0.1, 0.15) is 37.6 Å². The van der Waals surface area contributed by atoms with E-state index in [1.165, 1.54) is 0 Å². The van der Waals surface area contributed by atoms with Gasteiger partial charge >= 0.3 is 0 Å². The molecule has 2 N–H and O–H groups in total. The molecule has 0 aliphatic rings. The fourth-order valence-corrected chi connectivity index (χ4v) is 2.85. The van der Waals surface area contributed by atoms with Gasteiger partial charge in [0, 0.05) is 45.2 Å². The number of aliphatic imine (C=N–C) groups is 1. The number of ether oxygens (including phenoxy) is 2. The summed E-state index contributed by atoms with van der Waals surface area (Å²) in [7, 11) is 1.68. The fraction of sp³-hybridized carbons (Fsp3) is 0.545. The molecule has 2 rings (SSSR count). The maximum Gasteiger partial charge on any atom is 0.191 e. The van der Waals surface area contributed by atoms with Crippen molar-refractivity contribution in [1.29, 1.82) is 0 Å². The van der Waals surface area contributed by atoms with Gasteiger partial charge in [0.15, 0.2) is 5.96 Å². The van der Waals surface area contributed by atoms with E-state index in [9.17, 15) is 0 Å². The number of hydrogen-bond acceptors (Lipinski definition) is 4. The Morgan fingerprint density at radius 3 is 2.47 bits per heavy atom. The van der Waals surface area contributed by atoms with Gasteiger partial charge in [-0.05, 0) is 50.8 Å². The lowest BCUT2D eigenvalue weighted by Crippen LogP contribution is -2.38. The van der Waals surface area contributed by atoms with Crippen LogP contribution in [0, 0.1) is 6.92 Å². The SMILES string of the molecule is CCOCCCNC(=NCc1ccc(OC)cc1)NCCCCn1ccnc1C.I. The van der Waals surface area contributed by atoms with Gasteiger partial charge in [-0.1, -0.05) is 12.1 Å². The molecule has 1 aromatic carbocycles. The molecular formula is C22H36IN5O2. The van der Waals surface area contributed by atoms with E-state index in [1.54, 1.807) is 7.11 Å². The van der Waals surface area contributed by atoms with Crippen molar-refractivity contribution in [2.75, 3.05) is 33.4 Å². The van der Waals surface area contributed by atoms with E-state index < -0.39 is 0 Å². The number of aryl methyl sites for hydroxylation is 2. The van der Waals surface area contributed by atoms with Crippen LogP contribution in [0.25, 0.3) is 0 Å². The van der Waals surface area contributed by atoms with Gasteiger partial charge in [0.1, 0.15) is 11.6 Å². The van der Waals surface area contributed by atoms with Crippen LogP contribution in [0.15, 0.2) is 41.7 Å². The van der Waals surface area contributed by atoms with Crippen molar-refractivity contribution in [3.8, 4) is 5.75 Å². The highest BCUT2D eigenvalue weighted by molar-refractivity contribution is 14.0. The number of unbranched alkanes of at least 4 members (excludes halogenated alkanes) is 1. The molecule has 0 aliphatic heterocycles. The van der Waals surface area contributed by atoms with Gasteiger partial charge in [-0.2, -0.15) is 0 Å². The van der Waals surface area contributed by atoms with Crippen molar-refractivity contribution in [3.05, 3.63) is 48.0 Å². The number of halogens is 1. The minimum Gasteiger partial charge on any atom is -0.497 e. The summed E-state index contributed by atoms with van der Waals surface area (Å²) in [5.41, 5.74) is 1.15. The van der Waals surface area contributed by atoms with Crippen molar-refractivity contribution in [1.82, 2.24) is 20.2 Å². The molecule has 0 fully saturated rings. The number of nitrogens with zero attached hydrogens (tertiary/aromatic N) is 3. The number of methoxy groups -OCH3 is 1. The van der Waals surface area contributed by atoms with E-state index >= 15 is 0 Å². The number of guanidine groups is 1. The van der Waals surface area contributed by atoms with Crippen LogP contribution >= 0.6 is 24.0 Å². The van der Waals surface area contributed by atoms with Crippen LogP contribution in [0.4, 0.5) is 0 Å². The maximum absolute atomic E-state index is 5.40. The van der Waals surface area contributed by atoms with Gasteiger partial charge < -0.3 is 24.7 Å². The molecule has 0 unspecified atom stereocenters. The average molecular weight is 529 g/mol. The average Bonchev–Trinajstić information content (AvgIpc) is 3.16. The number of nitrogens with one attached hydrogen (secondary N) is 2. The first-order valence-corrected chi connectivity index (χ1v) is 10.4. The van der Waals surface area contributed by atoms with Crippen molar-refractivity contribution >= 4 is 29.9 Å². The molecule has 0 radical (unpaired) electrons. The molecule has 0 spiro atoms. The van der Waals surface area contributed by atoms with Crippen LogP contribution in [0.5, 0.6) is 5.75 Å². The minimum absolute atomic E-state index is 0. The molecule has 0 atom stereocenters. The number of imidazole rings is 1. The Balaban J connectivity index is 0.00000450. The molecule has 7 nitrogen and oxygen atoms in total. The standard InChI is InChI=1S/C22H35N5O2.HI/c1-4-29-17-7-13-25-22(26-18-20-8-10-21(28-3)11-9-20)24-12-5-6-15-27-16-14-23-19(27)2;/h8-11,14,16H,4-7,12-13,15,17-18H2,1-3H3,(H2,24,25,26);1H. The van der Waals surface area contributed by atoms with Crippen LogP contribution in [-0.4, -0.2) is 48.9 Å². The van der Waals surface area contributed by atoms with E-state index in [0.717, 1.165) is 75.2 Å². The highest BCUT2D eigenvalue weighted by Crippen LogP contribution is 2.11. The number of hydrogen-bond donors (Lipinski definition) is 2. The first-order valence-electron chi connectivity index (χ1n) is 10.4. The lowest BCUT2D eigenvalue weighted by Gasteiger charge is -2.13. The third kappa shape index (κ3) is 10.3. The zero-order chi connectivity index (χ0) is 20.7. The first-order chi connectivity index (χ1) is 14.2. The number of aromatic nitrogens is 2. The highest BCUT2D eigenvalue weighted by atomic mass is 127. The smallest absolute Gasteiger partial charge is 0.191 e. The van der Waals surface area contributed by atoms with Gasteiger partial charge in [0.25, 0.3) is 0 Å². The van der Waals surface area contributed by atoms with E-state index in [-0.39, 0.29) is 24.0 Å². The molecule has 0 aliphatic carbocycles. The summed E-state index contributed by atoms with van der Waals surface area (Å²) in [5.74, 6) is 2.77. The molecule has 0 saturated heterocycles. The first kappa shape index (κ1) is 26.2. The molecule has 1 heterocycles. The van der Waals surface area contributed by atoms with Gasteiger partial charge in [0.2, 0.25) is 0 Å². The van der Waals surface area contributed by atoms with Crippen LogP contribution in [0.3, 0.4) is 0 Å². The summed E-state index contributed by atoms with van der Waals surface area (Å²) in [5, 5.41) is 6.85. The van der Waals surface area contributed by atoms with Crippen molar-refractivity contribution in [2.45, 2.75) is 46.2 Å². The predicted molar refractivity (Wildman–Crippen MR) is 133 cm³/mol. The summed E-state index contributed by atoms with van der Waals surface area (Å²) in [6.45, 7) is 8.91. The van der Waals surface area contributed by atoms with Crippen LogP contribution < -0.4 is 15.4 Å². The number of benzene rings is 1. The highest BCUT2D eigenvalue weighted by Gasteiger charge is 2.01. The summed E-state index contributed by atoms with van der Waals surface area (Å²) in [6, 6.07) is 8.02. The number of rotatable bonds is 13. The van der Waals surface area contributed by atoms with E-state index in [2.05, 4.69) is 20.2 Å². The maximum atomic E-state index is 5.40. The van der Waals surface area contributed by atoms with Crippen molar-refractivity contribution in [2.24, 2.45) is 4.99 Å². The normalized spacial score (nSPS) is 11.1. The van der Waals surface area contributed by atoms with Crippen molar-refractivity contribution in [3.63, 3.8) is 0 Å². The second-order valence-electron chi connectivity index (χ2n) is 6.79. The Hall–Kier alpha value is -1.81. The molecule has 8 heteroatoms. The summed E-state index contributed by atoms with van der Waals surface area (Å²) in [6.07, 6.45) is 7.01. The Kier molecular flexibility index (Phi) is 13.9. The van der Waals surface area contributed by atoms with Crippen LogP contribution in [0.2, 0.25) is 0 Å². The van der Waals surface area contributed by atoms with Gasteiger partial charge in [-0.15, -0.1) is 24.0 Å². The lowest BCUT2D eigenvalue weighted by atomic mass is 10.2. The molecule has 0 amide bonds. The summed E-state index contributed by atoms with van der Waals surface area (Å²) < 4.78 is 12.8. The molecular weight excluding hydrogens is 493 g/mol. The molecule has 1 aromatic heterocycles. The van der Waals surface area contributed by atoms with Crippen molar-refractivity contribution < 1.29 is 9.47 Å². The second kappa shape index (κ2) is 16.0. The van der Waals surface area contributed by atoms with E-state index in [1.807, 2.05) is 50.5 Å². The molecule has 0 saturated carbocycles. The lowest BCUT2D eigenvalue weighted by molar-refractivity contribution is 0.145. The van der Waals surface area contributed by atoms with E-state index in [4.69, 9.17) is 14.5 Å². The van der Waals surface area contributed by atoms with Crippen LogP contribution in [-0.2, 0) is 17.8 Å². The zero-order valence-electron chi connectivity index (χ0n) is 18.4. The fourth-order valence-electron chi connectivity index (χ4n) is 2.85. The molecule has 0 bridgehead atoms. The largest absolute Gasteiger partial charge is 0.497 e. The monoisotopic (exact) mass is 529 g/mol. The molecule has 2 aromatic rings. The second-order valence-corrected chi connectivity index (χ2v) is 6.79. The van der Waals surface area contributed by atoms with Gasteiger partial charge in [-0.25, -0.2) is 9.98 Å². The minimum atomic E-state index is 0. The third-order valence-corrected chi connectivity index (χ3v) is 4.58. The summed E-state index contributed by atoms with van der Waals surface area (Å²) in [4.78, 5) is 8.99. The van der Waals surface area contributed by atoms with E-state index in [0.29, 0.717) is 6.54 Å². The Morgan fingerprint density at radius 2 is 1.83 bits per heavy atom. The quantitative estimate of drug-likeness (QED) is 0.179. The van der Waals surface area contributed by atoms with Gasteiger partial charge in [0.05, 0.1) is 13.7 Å². The third-order valence-electron chi connectivity index (χ3n) is 4.58. The van der Waals surface area contributed by atoms with Gasteiger partial charge in [-0.3, -0.25) is 0 Å². The molecule has 30 heavy (non-hydrogen) atoms. The zero-order valence-corrected chi connectivity index (χ0v) is 20.7. The Labute approximate surface area is 197 Å². The summed E-state index contributed by atoms with van der Waals surface area (Å²) >= 11 is 0.